The lowest BCUT2D eigenvalue weighted by Crippen LogP contribution is -2.55. The number of carbonyl (C=O) groups excluding carboxylic acids is 1. The summed E-state index contributed by atoms with van der Waals surface area (Å²) in [5.74, 6) is 0.866. The summed E-state index contributed by atoms with van der Waals surface area (Å²) in [6, 6.07) is 4.07. The van der Waals surface area contributed by atoms with Gasteiger partial charge in [0.05, 0.1) is 12.2 Å². The van der Waals surface area contributed by atoms with Crippen molar-refractivity contribution in [1.82, 2.24) is 24.4 Å². The van der Waals surface area contributed by atoms with E-state index in [0.717, 1.165) is 50.7 Å². The molecule has 0 radical (unpaired) electrons. The summed E-state index contributed by atoms with van der Waals surface area (Å²) < 4.78 is 7.05. The number of aromatic nitrogens is 3. The van der Waals surface area contributed by atoms with Crippen LogP contribution in [0.2, 0.25) is 0 Å². The number of hydrogen-bond acceptors (Lipinski definition) is 5. The summed E-state index contributed by atoms with van der Waals surface area (Å²) in [5, 5.41) is 8.11. The molecule has 1 fully saturated rings. The van der Waals surface area contributed by atoms with Gasteiger partial charge in [-0.1, -0.05) is 6.92 Å². The van der Waals surface area contributed by atoms with Crippen molar-refractivity contribution in [2.45, 2.75) is 26.3 Å². The first-order chi connectivity index (χ1) is 11.6. The van der Waals surface area contributed by atoms with Gasteiger partial charge >= 0.3 is 0 Å². The molecule has 0 aliphatic carbocycles. The maximum atomic E-state index is 12.9. The van der Waals surface area contributed by atoms with Crippen LogP contribution in [-0.4, -0.2) is 76.2 Å². The fourth-order valence-electron chi connectivity index (χ4n) is 3.28. The predicted molar refractivity (Wildman–Crippen MR) is 91.2 cm³/mol. The zero-order valence-corrected chi connectivity index (χ0v) is 14.6. The van der Waals surface area contributed by atoms with Gasteiger partial charge in [0.1, 0.15) is 5.82 Å². The van der Waals surface area contributed by atoms with Crippen LogP contribution in [0.3, 0.4) is 0 Å². The fourth-order valence-corrected chi connectivity index (χ4v) is 3.28. The zero-order chi connectivity index (χ0) is 17.1. The summed E-state index contributed by atoms with van der Waals surface area (Å²) in [6.07, 6.45) is 2.86. The Morgan fingerprint density at radius 2 is 2.17 bits per heavy atom. The van der Waals surface area contributed by atoms with E-state index >= 15 is 0 Å². The third-order valence-corrected chi connectivity index (χ3v) is 4.77. The molecule has 1 atom stereocenters. The Kier molecular flexibility index (Phi) is 5.11. The lowest BCUT2D eigenvalue weighted by molar-refractivity contribution is 0.0384. The van der Waals surface area contributed by atoms with E-state index in [4.69, 9.17) is 4.74 Å². The van der Waals surface area contributed by atoms with Gasteiger partial charge in [-0.15, -0.1) is 10.2 Å². The largest absolute Gasteiger partial charge is 0.383 e. The van der Waals surface area contributed by atoms with E-state index < -0.39 is 0 Å². The van der Waals surface area contributed by atoms with Crippen molar-refractivity contribution in [3.63, 3.8) is 0 Å². The Bertz CT molecular complexity index is 714. The van der Waals surface area contributed by atoms with Crippen LogP contribution in [-0.2, 0) is 4.74 Å². The second kappa shape index (κ2) is 7.27. The quantitative estimate of drug-likeness (QED) is 0.824. The van der Waals surface area contributed by atoms with Gasteiger partial charge in [-0.3, -0.25) is 14.1 Å². The minimum absolute atomic E-state index is 0.0786. The monoisotopic (exact) mass is 331 g/mol. The van der Waals surface area contributed by atoms with E-state index in [1.807, 2.05) is 34.6 Å². The predicted octanol–water partition coefficient (Wildman–Crippen LogP) is 1.22. The highest BCUT2D eigenvalue weighted by Crippen LogP contribution is 2.16. The first-order valence-electron chi connectivity index (χ1n) is 8.47. The van der Waals surface area contributed by atoms with Gasteiger partial charge in [0, 0.05) is 45.5 Å². The molecule has 1 unspecified atom stereocenters. The molecule has 7 heteroatoms. The molecule has 0 spiro atoms. The summed E-state index contributed by atoms with van der Waals surface area (Å²) >= 11 is 0. The van der Waals surface area contributed by atoms with Gasteiger partial charge in [0.15, 0.2) is 5.65 Å². The number of hydrogen-bond donors (Lipinski definition) is 0. The molecule has 3 heterocycles. The maximum Gasteiger partial charge on any atom is 0.255 e. The number of amides is 1. The van der Waals surface area contributed by atoms with E-state index in [9.17, 15) is 4.79 Å². The van der Waals surface area contributed by atoms with Gasteiger partial charge in [0.2, 0.25) is 0 Å². The van der Waals surface area contributed by atoms with Crippen LogP contribution in [0.1, 0.15) is 29.5 Å². The SMILES string of the molecule is CCC1CN(C(=O)c2ccc3nnc(C)n3c2)CCN1CCOC. The molecule has 1 saturated heterocycles. The number of ether oxygens (including phenoxy) is 1. The maximum absolute atomic E-state index is 12.9. The Hall–Kier alpha value is -1.99. The smallest absolute Gasteiger partial charge is 0.255 e. The van der Waals surface area contributed by atoms with Crippen molar-refractivity contribution in [3.8, 4) is 0 Å². The van der Waals surface area contributed by atoms with Crippen LogP contribution in [0.15, 0.2) is 18.3 Å². The molecule has 3 rings (SSSR count). The van der Waals surface area contributed by atoms with Crippen LogP contribution in [0, 0.1) is 6.92 Å². The number of fused-ring (bicyclic) bond motifs is 1. The second-order valence-corrected chi connectivity index (χ2v) is 6.24. The average molecular weight is 331 g/mol. The second-order valence-electron chi connectivity index (χ2n) is 6.24. The van der Waals surface area contributed by atoms with Crippen LogP contribution in [0.25, 0.3) is 5.65 Å². The highest BCUT2D eigenvalue weighted by molar-refractivity contribution is 5.94. The van der Waals surface area contributed by atoms with Gasteiger partial charge < -0.3 is 9.64 Å². The molecule has 0 saturated carbocycles. The molecule has 0 N–H and O–H groups in total. The van der Waals surface area contributed by atoms with Crippen molar-refractivity contribution in [3.05, 3.63) is 29.7 Å². The Morgan fingerprint density at radius 1 is 1.33 bits per heavy atom. The summed E-state index contributed by atoms with van der Waals surface area (Å²) in [7, 11) is 1.73. The van der Waals surface area contributed by atoms with Crippen LogP contribution in [0.5, 0.6) is 0 Å². The van der Waals surface area contributed by atoms with Gasteiger partial charge in [-0.2, -0.15) is 0 Å². The number of pyridine rings is 1. The molecule has 1 amide bonds. The number of nitrogens with zero attached hydrogens (tertiary/aromatic N) is 5. The topological polar surface area (TPSA) is 63.0 Å². The van der Waals surface area contributed by atoms with Crippen LogP contribution in [0.4, 0.5) is 0 Å². The molecular formula is C17H25N5O2. The normalized spacial score (nSPS) is 19.1. The summed E-state index contributed by atoms with van der Waals surface area (Å²) in [5.41, 5.74) is 1.45. The Morgan fingerprint density at radius 3 is 2.92 bits per heavy atom. The van der Waals surface area contributed by atoms with Gasteiger partial charge in [0.25, 0.3) is 5.91 Å². The summed E-state index contributed by atoms with van der Waals surface area (Å²) in [6.45, 7) is 8.11. The van der Waals surface area contributed by atoms with Crippen molar-refractivity contribution < 1.29 is 9.53 Å². The minimum atomic E-state index is 0.0786. The molecule has 0 aromatic carbocycles. The van der Waals surface area contributed by atoms with E-state index in [2.05, 4.69) is 22.0 Å². The van der Waals surface area contributed by atoms with E-state index in [0.29, 0.717) is 11.6 Å². The number of rotatable bonds is 5. The van der Waals surface area contributed by atoms with Crippen LogP contribution >= 0.6 is 0 Å². The number of piperazine rings is 1. The molecule has 2 aromatic rings. The van der Waals surface area contributed by atoms with E-state index in [-0.39, 0.29) is 5.91 Å². The highest BCUT2D eigenvalue weighted by atomic mass is 16.5. The highest BCUT2D eigenvalue weighted by Gasteiger charge is 2.28. The molecule has 1 aliphatic heterocycles. The third-order valence-electron chi connectivity index (χ3n) is 4.77. The lowest BCUT2D eigenvalue weighted by atomic mass is 10.1. The van der Waals surface area contributed by atoms with E-state index in [1.165, 1.54) is 0 Å². The van der Waals surface area contributed by atoms with Crippen LogP contribution < -0.4 is 0 Å². The lowest BCUT2D eigenvalue weighted by Gasteiger charge is -2.41. The molecule has 1 aliphatic rings. The molecule has 130 valence electrons. The Balaban J connectivity index is 1.73. The minimum Gasteiger partial charge on any atom is -0.383 e. The number of methoxy groups -OCH3 is 1. The van der Waals surface area contributed by atoms with Crippen molar-refractivity contribution in [2.24, 2.45) is 0 Å². The standard InChI is InChI=1S/C17H25N5O2/c1-4-15-12-21(8-7-20(15)9-10-24-3)17(23)14-5-6-16-19-18-13(2)22(16)11-14/h5-6,11,15H,4,7-10,12H2,1-3H3. The number of carbonyl (C=O) groups is 1. The summed E-state index contributed by atoms with van der Waals surface area (Å²) in [4.78, 5) is 17.3. The first-order valence-corrected chi connectivity index (χ1v) is 8.47. The number of aryl methyl sites for hydroxylation is 1. The first kappa shape index (κ1) is 16.9. The molecule has 24 heavy (non-hydrogen) atoms. The molecule has 0 bridgehead atoms. The van der Waals surface area contributed by atoms with Gasteiger partial charge in [-0.25, -0.2) is 0 Å². The third kappa shape index (κ3) is 3.27. The zero-order valence-electron chi connectivity index (χ0n) is 14.6. The van der Waals surface area contributed by atoms with Crippen molar-refractivity contribution in [2.75, 3.05) is 39.9 Å². The molecule has 7 nitrogen and oxygen atoms in total. The van der Waals surface area contributed by atoms with E-state index in [1.54, 1.807) is 7.11 Å². The van der Waals surface area contributed by atoms with Crippen molar-refractivity contribution in [1.29, 1.82) is 0 Å². The molecule has 2 aromatic heterocycles. The molecular weight excluding hydrogens is 306 g/mol. The Labute approximate surface area is 142 Å². The van der Waals surface area contributed by atoms with Crippen molar-refractivity contribution >= 4 is 11.6 Å². The van der Waals surface area contributed by atoms with Gasteiger partial charge in [-0.05, 0) is 25.5 Å². The fraction of sp³-hybridized carbons (Fsp3) is 0.588. The average Bonchev–Trinajstić information content (AvgIpc) is 2.99.